The second kappa shape index (κ2) is 7.51. The minimum absolute atomic E-state index is 0.269. The molecule has 0 aromatic carbocycles. The van der Waals surface area contributed by atoms with Crippen molar-refractivity contribution in [2.45, 2.75) is 38.5 Å². The number of piperidine rings is 2. The Morgan fingerprint density at radius 2 is 1.47 bits per heavy atom. The van der Waals surface area contributed by atoms with Crippen LogP contribution in [0.3, 0.4) is 0 Å². The number of hydrogen-bond acceptors (Lipinski definition) is 2. The van der Waals surface area contributed by atoms with Gasteiger partial charge in [0.15, 0.2) is 0 Å². The molecule has 4 heteroatoms. The summed E-state index contributed by atoms with van der Waals surface area (Å²) in [6, 6.07) is -0.269. The van der Waals surface area contributed by atoms with Gasteiger partial charge in [0.25, 0.3) is 0 Å². The third-order valence-corrected chi connectivity index (χ3v) is 2.87. The second-order valence-electron chi connectivity index (χ2n) is 4.20. The first-order valence-electron chi connectivity index (χ1n) is 6.06. The highest BCUT2D eigenvalue weighted by molar-refractivity contribution is 5.71. The van der Waals surface area contributed by atoms with Crippen LogP contribution in [0.25, 0.3) is 0 Å². The Bertz CT molecular complexity index is 163. The van der Waals surface area contributed by atoms with E-state index in [0.29, 0.717) is 0 Å². The molecular formula is C11H23N3O. The molecule has 0 radical (unpaired) electrons. The quantitative estimate of drug-likeness (QED) is 0.637. The molecule has 2 amide bonds. The molecule has 0 unspecified atom stereocenters. The Balaban J connectivity index is 0.000000162. The number of nitrogens with two attached hydrogens (primary N) is 1. The van der Waals surface area contributed by atoms with E-state index in [1.165, 1.54) is 38.8 Å². The minimum Gasteiger partial charge on any atom is -0.351 e. The predicted molar refractivity (Wildman–Crippen MR) is 61.7 cm³/mol. The second-order valence-corrected chi connectivity index (χ2v) is 4.20. The number of carbonyl (C=O) groups excluding carboxylic acids is 1. The number of hydrogen-bond donors (Lipinski definition) is 2. The molecule has 0 aromatic rings. The van der Waals surface area contributed by atoms with Crippen LogP contribution in [0.1, 0.15) is 38.5 Å². The van der Waals surface area contributed by atoms with Crippen molar-refractivity contribution in [3.05, 3.63) is 0 Å². The maximum atomic E-state index is 10.5. The van der Waals surface area contributed by atoms with Crippen LogP contribution >= 0.6 is 0 Å². The number of nitrogens with one attached hydrogen (secondary N) is 1. The van der Waals surface area contributed by atoms with E-state index in [4.69, 9.17) is 5.73 Å². The molecule has 15 heavy (non-hydrogen) atoms. The normalized spacial score (nSPS) is 21.5. The standard InChI is InChI=1S/C6H12N2O.C5H11N/c7-6(9)8-4-2-1-3-5-8;1-2-4-6-5-3-1/h1-5H2,(H2,7,9);6H,1-5H2. The molecule has 2 aliphatic rings. The SMILES string of the molecule is C1CCNCC1.NC(=O)N1CCCCC1. The van der Waals surface area contributed by atoms with Crippen LogP contribution < -0.4 is 11.1 Å². The van der Waals surface area contributed by atoms with Gasteiger partial charge in [-0.05, 0) is 45.2 Å². The number of amides is 2. The molecule has 2 rings (SSSR count). The fourth-order valence-electron chi connectivity index (χ4n) is 1.92. The van der Waals surface area contributed by atoms with E-state index in [0.717, 1.165) is 25.9 Å². The molecule has 88 valence electrons. The summed E-state index contributed by atoms with van der Waals surface area (Å²) in [4.78, 5) is 12.2. The predicted octanol–water partition coefficient (Wildman–Crippen LogP) is 1.31. The van der Waals surface area contributed by atoms with Crippen molar-refractivity contribution < 1.29 is 4.79 Å². The van der Waals surface area contributed by atoms with Crippen LogP contribution in [-0.4, -0.2) is 37.1 Å². The van der Waals surface area contributed by atoms with E-state index in [1.54, 1.807) is 4.90 Å². The number of carbonyl (C=O) groups is 1. The minimum atomic E-state index is -0.269. The summed E-state index contributed by atoms with van der Waals surface area (Å²) in [5.41, 5.74) is 5.05. The molecular weight excluding hydrogens is 190 g/mol. The van der Waals surface area contributed by atoms with E-state index in [2.05, 4.69) is 5.32 Å². The molecule has 0 aliphatic carbocycles. The van der Waals surface area contributed by atoms with Gasteiger partial charge in [0.05, 0.1) is 0 Å². The summed E-state index contributed by atoms with van der Waals surface area (Å²) in [6.45, 7) is 4.21. The molecule has 0 aromatic heterocycles. The molecule has 3 N–H and O–H groups in total. The van der Waals surface area contributed by atoms with Crippen molar-refractivity contribution >= 4 is 6.03 Å². The topological polar surface area (TPSA) is 58.4 Å². The first-order valence-corrected chi connectivity index (χ1v) is 6.06. The van der Waals surface area contributed by atoms with Crippen molar-refractivity contribution in [1.29, 1.82) is 0 Å². The number of likely N-dealkylation sites (tertiary alicyclic amines) is 1. The van der Waals surface area contributed by atoms with Crippen LogP contribution in [0.4, 0.5) is 4.79 Å². The van der Waals surface area contributed by atoms with Gasteiger partial charge >= 0.3 is 6.03 Å². The van der Waals surface area contributed by atoms with Gasteiger partial charge in [-0.15, -0.1) is 0 Å². The molecule has 2 saturated heterocycles. The Labute approximate surface area is 92.2 Å². The molecule has 0 bridgehead atoms. The van der Waals surface area contributed by atoms with Crippen LogP contribution in [-0.2, 0) is 0 Å². The summed E-state index contributed by atoms with van der Waals surface area (Å²) in [5.74, 6) is 0. The Morgan fingerprint density at radius 1 is 0.933 bits per heavy atom. The van der Waals surface area contributed by atoms with Gasteiger partial charge in [-0.3, -0.25) is 0 Å². The lowest BCUT2D eigenvalue weighted by Gasteiger charge is -2.24. The average molecular weight is 213 g/mol. The van der Waals surface area contributed by atoms with Crippen LogP contribution in [0.5, 0.6) is 0 Å². The van der Waals surface area contributed by atoms with E-state index in [-0.39, 0.29) is 6.03 Å². The Morgan fingerprint density at radius 3 is 1.73 bits per heavy atom. The largest absolute Gasteiger partial charge is 0.351 e. The maximum Gasteiger partial charge on any atom is 0.314 e. The zero-order valence-electron chi connectivity index (χ0n) is 9.50. The van der Waals surface area contributed by atoms with Crippen molar-refractivity contribution in [2.24, 2.45) is 5.73 Å². The monoisotopic (exact) mass is 213 g/mol. The molecule has 2 aliphatic heterocycles. The Kier molecular flexibility index (Phi) is 6.16. The fraction of sp³-hybridized carbons (Fsp3) is 0.909. The first-order chi connectivity index (χ1) is 7.30. The van der Waals surface area contributed by atoms with Crippen LogP contribution in [0.15, 0.2) is 0 Å². The highest BCUT2D eigenvalue weighted by Crippen LogP contribution is 2.07. The first kappa shape index (κ1) is 12.3. The van der Waals surface area contributed by atoms with Crippen LogP contribution in [0, 0.1) is 0 Å². The molecule has 0 atom stereocenters. The highest BCUT2D eigenvalue weighted by atomic mass is 16.2. The maximum absolute atomic E-state index is 10.5. The summed E-state index contributed by atoms with van der Waals surface area (Å²) in [7, 11) is 0. The third-order valence-electron chi connectivity index (χ3n) is 2.87. The van der Waals surface area contributed by atoms with Crippen molar-refractivity contribution in [2.75, 3.05) is 26.2 Å². The van der Waals surface area contributed by atoms with E-state index >= 15 is 0 Å². The van der Waals surface area contributed by atoms with E-state index in [9.17, 15) is 4.79 Å². The zero-order valence-corrected chi connectivity index (χ0v) is 9.50. The summed E-state index contributed by atoms with van der Waals surface area (Å²) in [5, 5.41) is 3.28. The summed E-state index contributed by atoms with van der Waals surface area (Å²) >= 11 is 0. The smallest absolute Gasteiger partial charge is 0.314 e. The average Bonchev–Trinajstić information content (AvgIpc) is 2.33. The lowest BCUT2D eigenvalue weighted by Crippen LogP contribution is -2.39. The van der Waals surface area contributed by atoms with E-state index in [1.807, 2.05) is 0 Å². The highest BCUT2D eigenvalue weighted by Gasteiger charge is 2.11. The lowest BCUT2D eigenvalue weighted by atomic mass is 10.1. The number of rotatable bonds is 0. The van der Waals surface area contributed by atoms with Gasteiger partial charge in [0, 0.05) is 13.1 Å². The van der Waals surface area contributed by atoms with Crippen molar-refractivity contribution in [3.8, 4) is 0 Å². The number of nitrogens with zero attached hydrogens (tertiary/aromatic N) is 1. The van der Waals surface area contributed by atoms with Gasteiger partial charge in [-0.2, -0.15) is 0 Å². The molecule has 0 saturated carbocycles. The van der Waals surface area contributed by atoms with Gasteiger partial charge in [0.1, 0.15) is 0 Å². The van der Waals surface area contributed by atoms with Gasteiger partial charge in [-0.25, -0.2) is 4.79 Å². The van der Waals surface area contributed by atoms with Gasteiger partial charge in [-0.1, -0.05) is 6.42 Å². The zero-order chi connectivity index (χ0) is 10.9. The Hall–Kier alpha value is -0.770. The lowest BCUT2D eigenvalue weighted by molar-refractivity contribution is 0.196. The number of urea groups is 1. The van der Waals surface area contributed by atoms with Gasteiger partial charge in [0.2, 0.25) is 0 Å². The van der Waals surface area contributed by atoms with Crippen molar-refractivity contribution in [3.63, 3.8) is 0 Å². The number of primary amides is 1. The van der Waals surface area contributed by atoms with Gasteiger partial charge < -0.3 is 16.0 Å². The third kappa shape index (κ3) is 5.62. The van der Waals surface area contributed by atoms with Crippen molar-refractivity contribution in [1.82, 2.24) is 10.2 Å². The molecule has 2 heterocycles. The molecule has 2 fully saturated rings. The molecule has 4 nitrogen and oxygen atoms in total. The molecule has 0 spiro atoms. The fourth-order valence-corrected chi connectivity index (χ4v) is 1.92. The van der Waals surface area contributed by atoms with Crippen LogP contribution in [0.2, 0.25) is 0 Å². The van der Waals surface area contributed by atoms with E-state index < -0.39 is 0 Å². The summed E-state index contributed by atoms with van der Waals surface area (Å²) < 4.78 is 0. The summed E-state index contributed by atoms with van der Waals surface area (Å²) in [6.07, 6.45) is 7.68.